The molecular weight excluding hydrogens is 376 g/mol. The highest BCUT2D eigenvalue weighted by atomic mass is 32.2. The summed E-state index contributed by atoms with van der Waals surface area (Å²) < 4.78 is 51.8. The topological polar surface area (TPSA) is 111 Å². The molecule has 1 aromatic carbocycles. The number of rotatable bonds is 5. The van der Waals surface area contributed by atoms with Crippen molar-refractivity contribution in [2.75, 3.05) is 6.26 Å². The van der Waals surface area contributed by atoms with Crippen molar-refractivity contribution in [1.29, 1.82) is 0 Å². The number of carbonyl (C=O) groups excluding carboxylic acids is 1. The lowest BCUT2D eigenvalue weighted by molar-refractivity contribution is 0.100. The van der Waals surface area contributed by atoms with E-state index < -0.39 is 28.4 Å². The number of guanidine groups is 1. The molecule has 134 valence electrons. The molecule has 1 amide bonds. The van der Waals surface area contributed by atoms with Crippen molar-refractivity contribution < 1.29 is 26.3 Å². The highest BCUT2D eigenvalue weighted by Crippen LogP contribution is 2.35. The van der Waals surface area contributed by atoms with Gasteiger partial charge in [0, 0.05) is 11.1 Å². The molecule has 0 aliphatic rings. The molecule has 0 saturated carbocycles. The lowest BCUT2D eigenvalue weighted by Gasteiger charge is -2.06. The summed E-state index contributed by atoms with van der Waals surface area (Å²) in [6.45, 7) is 0. The van der Waals surface area contributed by atoms with Crippen molar-refractivity contribution in [2.24, 2.45) is 10.7 Å². The molecule has 1 aromatic heterocycles. The van der Waals surface area contributed by atoms with Crippen molar-refractivity contribution in [3.63, 3.8) is 0 Å². The Bertz CT molecular complexity index is 910. The SMILES string of the molecule is CS(=O)(=O)ONC(N)=NC(=O)c1cccc(-c2ccsc2C(F)F)c1. The van der Waals surface area contributed by atoms with Crippen LogP contribution >= 0.6 is 11.3 Å². The number of hydroxylamine groups is 1. The highest BCUT2D eigenvalue weighted by molar-refractivity contribution is 7.85. The average Bonchev–Trinajstić information content (AvgIpc) is 3.02. The van der Waals surface area contributed by atoms with Crippen LogP contribution in [0, 0.1) is 0 Å². The fourth-order valence-electron chi connectivity index (χ4n) is 1.86. The highest BCUT2D eigenvalue weighted by Gasteiger charge is 2.17. The first kappa shape index (κ1) is 19.0. The van der Waals surface area contributed by atoms with Gasteiger partial charge >= 0.3 is 0 Å². The van der Waals surface area contributed by atoms with Gasteiger partial charge in [0.25, 0.3) is 22.5 Å². The second-order valence-corrected chi connectivity index (χ2v) is 7.29. The van der Waals surface area contributed by atoms with Crippen LogP contribution in [0.1, 0.15) is 21.7 Å². The number of amides is 1. The third-order valence-electron chi connectivity index (χ3n) is 2.83. The fourth-order valence-corrected chi connectivity index (χ4v) is 2.87. The normalized spacial score (nSPS) is 12.4. The average molecular weight is 389 g/mol. The minimum absolute atomic E-state index is 0.0908. The Morgan fingerprint density at radius 3 is 2.72 bits per heavy atom. The Labute approximate surface area is 146 Å². The maximum Gasteiger partial charge on any atom is 0.285 e. The maximum absolute atomic E-state index is 13.0. The summed E-state index contributed by atoms with van der Waals surface area (Å²) in [5, 5.41) is 1.54. The molecule has 0 fully saturated rings. The van der Waals surface area contributed by atoms with Crippen molar-refractivity contribution >= 4 is 33.3 Å². The van der Waals surface area contributed by atoms with Gasteiger partial charge in [-0.15, -0.1) is 15.6 Å². The van der Waals surface area contributed by atoms with Gasteiger partial charge in [-0.1, -0.05) is 12.1 Å². The van der Waals surface area contributed by atoms with Crippen LogP contribution in [-0.4, -0.2) is 26.5 Å². The molecule has 0 unspecified atom stereocenters. The van der Waals surface area contributed by atoms with E-state index in [1.807, 2.05) is 5.48 Å². The third-order valence-corrected chi connectivity index (χ3v) is 4.14. The van der Waals surface area contributed by atoms with E-state index in [0.717, 1.165) is 17.6 Å². The number of carbonyl (C=O) groups is 1. The van der Waals surface area contributed by atoms with E-state index >= 15 is 0 Å². The smallest absolute Gasteiger partial charge is 0.285 e. The quantitative estimate of drug-likeness (QED) is 0.461. The van der Waals surface area contributed by atoms with Crippen LogP contribution < -0.4 is 11.2 Å². The standard InChI is InChI=1S/C14H13F2N3O4S2/c1-25(21,22)23-19-14(17)18-13(20)9-4-2-3-8(7-9)10-5-6-24-11(10)12(15)16/h2-7,12H,1H3,(H3,17,18,19,20). The number of alkyl halides is 2. The Balaban J connectivity index is 2.23. The predicted octanol–water partition coefficient (Wildman–Crippen LogP) is 2.29. The second-order valence-electron chi connectivity index (χ2n) is 4.77. The third kappa shape index (κ3) is 5.31. The first-order valence-electron chi connectivity index (χ1n) is 6.66. The van der Waals surface area contributed by atoms with Crippen molar-refractivity contribution in [3.05, 3.63) is 46.2 Å². The lowest BCUT2D eigenvalue weighted by Crippen LogP contribution is -2.34. The molecule has 7 nitrogen and oxygen atoms in total. The van der Waals surface area contributed by atoms with Gasteiger partial charge < -0.3 is 5.73 Å². The van der Waals surface area contributed by atoms with Gasteiger partial charge in [-0.2, -0.15) is 13.4 Å². The molecule has 0 aliphatic heterocycles. The number of hydrogen-bond acceptors (Lipinski definition) is 5. The van der Waals surface area contributed by atoms with Crippen LogP contribution in [0.25, 0.3) is 11.1 Å². The van der Waals surface area contributed by atoms with E-state index in [1.54, 1.807) is 6.07 Å². The summed E-state index contributed by atoms with van der Waals surface area (Å²) in [6.07, 6.45) is -1.85. The van der Waals surface area contributed by atoms with Crippen LogP contribution in [0.3, 0.4) is 0 Å². The summed E-state index contributed by atoms with van der Waals surface area (Å²) in [5.41, 5.74) is 8.00. The van der Waals surface area contributed by atoms with Gasteiger partial charge in [0.2, 0.25) is 5.96 Å². The van der Waals surface area contributed by atoms with Gasteiger partial charge in [-0.25, -0.2) is 14.3 Å². The second kappa shape index (κ2) is 7.68. The zero-order valence-electron chi connectivity index (χ0n) is 12.8. The van der Waals surface area contributed by atoms with Crippen molar-refractivity contribution in [3.8, 4) is 11.1 Å². The monoisotopic (exact) mass is 389 g/mol. The zero-order valence-corrected chi connectivity index (χ0v) is 14.4. The molecule has 0 bridgehead atoms. The van der Waals surface area contributed by atoms with E-state index in [9.17, 15) is 22.0 Å². The summed E-state index contributed by atoms with van der Waals surface area (Å²) in [7, 11) is -3.82. The van der Waals surface area contributed by atoms with Crippen molar-refractivity contribution in [2.45, 2.75) is 6.43 Å². The Kier molecular flexibility index (Phi) is 5.82. The summed E-state index contributed by atoms with van der Waals surface area (Å²) in [6, 6.07) is 7.46. The van der Waals surface area contributed by atoms with Crippen LogP contribution in [-0.2, 0) is 14.4 Å². The number of benzene rings is 1. The van der Waals surface area contributed by atoms with Gasteiger partial charge in [-0.3, -0.25) is 4.79 Å². The molecule has 0 radical (unpaired) electrons. The van der Waals surface area contributed by atoms with Crippen LogP contribution in [0.2, 0.25) is 0 Å². The lowest BCUT2D eigenvalue weighted by atomic mass is 10.0. The zero-order chi connectivity index (χ0) is 18.6. The van der Waals surface area contributed by atoms with Gasteiger partial charge in [0.1, 0.15) is 0 Å². The molecule has 11 heteroatoms. The van der Waals surface area contributed by atoms with Gasteiger partial charge in [0.05, 0.1) is 11.1 Å². The Hall–Kier alpha value is -2.37. The van der Waals surface area contributed by atoms with E-state index in [1.165, 1.54) is 29.6 Å². The van der Waals surface area contributed by atoms with Crippen LogP contribution in [0.15, 0.2) is 40.7 Å². The number of halogens is 2. The molecule has 2 aromatic rings. The summed E-state index contributed by atoms with van der Waals surface area (Å²) >= 11 is 0.920. The number of thiophene rings is 1. The first-order chi connectivity index (χ1) is 11.7. The predicted molar refractivity (Wildman–Crippen MR) is 89.7 cm³/mol. The molecule has 25 heavy (non-hydrogen) atoms. The molecule has 1 heterocycles. The maximum atomic E-state index is 13.0. The number of hydrogen-bond donors (Lipinski definition) is 2. The van der Waals surface area contributed by atoms with E-state index in [4.69, 9.17) is 5.73 Å². The van der Waals surface area contributed by atoms with Crippen molar-refractivity contribution in [1.82, 2.24) is 5.48 Å². The van der Waals surface area contributed by atoms with Crippen LogP contribution in [0.5, 0.6) is 0 Å². The Morgan fingerprint density at radius 1 is 1.36 bits per heavy atom. The largest absolute Gasteiger partial charge is 0.368 e. The van der Waals surface area contributed by atoms with Crippen LogP contribution in [0.4, 0.5) is 8.78 Å². The Morgan fingerprint density at radius 2 is 2.08 bits per heavy atom. The van der Waals surface area contributed by atoms with Gasteiger partial charge in [-0.05, 0) is 29.1 Å². The molecule has 0 aliphatic carbocycles. The number of aliphatic imine (C=N–C) groups is 1. The minimum atomic E-state index is -3.82. The molecule has 2 rings (SSSR count). The number of nitrogens with zero attached hydrogens (tertiary/aromatic N) is 1. The molecular formula is C14H13F2N3O4S2. The first-order valence-corrected chi connectivity index (χ1v) is 9.36. The molecule has 0 atom stereocenters. The van der Waals surface area contributed by atoms with E-state index in [-0.39, 0.29) is 10.4 Å². The number of nitrogens with one attached hydrogen (secondary N) is 1. The molecule has 0 saturated heterocycles. The fraction of sp³-hybridized carbons (Fsp3) is 0.143. The molecule has 3 N–H and O–H groups in total. The number of nitrogens with two attached hydrogens (primary N) is 1. The van der Waals surface area contributed by atoms with E-state index in [0.29, 0.717) is 11.1 Å². The van der Waals surface area contributed by atoms with Gasteiger partial charge in [0.15, 0.2) is 0 Å². The molecule has 0 spiro atoms. The summed E-state index contributed by atoms with van der Waals surface area (Å²) in [5.74, 6) is -1.36. The van der Waals surface area contributed by atoms with E-state index in [2.05, 4.69) is 9.28 Å². The summed E-state index contributed by atoms with van der Waals surface area (Å²) in [4.78, 5) is 15.4. The minimum Gasteiger partial charge on any atom is -0.368 e.